The lowest BCUT2D eigenvalue weighted by Crippen LogP contribution is -2.48. The molecule has 1 saturated heterocycles. The second kappa shape index (κ2) is 5.47. The van der Waals surface area contributed by atoms with Crippen molar-refractivity contribution in [1.29, 1.82) is 0 Å². The first kappa shape index (κ1) is 12.5. The molecule has 15 heavy (non-hydrogen) atoms. The smallest absolute Gasteiger partial charge is 0.242 e. The predicted molar refractivity (Wildman–Crippen MR) is 59.5 cm³/mol. The summed E-state index contributed by atoms with van der Waals surface area (Å²) >= 11 is 0. The highest BCUT2D eigenvalue weighted by molar-refractivity contribution is 5.82. The molecule has 0 radical (unpaired) electrons. The molecule has 4 nitrogen and oxygen atoms in total. The van der Waals surface area contributed by atoms with Crippen LogP contribution in [-0.4, -0.2) is 47.7 Å². The Labute approximate surface area is 91.6 Å². The zero-order valence-electron chi connectivity index (χ0n) is 9.86. The third-order valence-electron chi connectivity index (χ3n) is 2.81. The van der Waals surface area contributed by atoms with E-state index < -0.39 is 6.04 Å². The monoisotopic (exact) mass is 214 g/mol. The van der Waals surface area contributed by atoms with Crippen LogP contribution in [0.5, 0.6) is 0 Å². The summed E-state index contributed by atoms with van der Waals surface area (Å²) in [5.41, 5.74) is 0. The number of carbonyl (C=O) groups excluding carboxylic acids is 1. The van der Waals surface area contributed by atoms with Gasteiger partial charge >= 0.3 is 0 Å². The molecule has 1 amide bonds. The van der Waals surface area contributed by atoms with Gasteiger partial charge in [0.1, 0.15) is 6.04 Å². The molecule has 0 saturated carbocycles. The van der Waals surface area contributed by atoms with Crippen molar-refractivity contribution >= 4 is 5.91 Å². The Morgan fingerprint density at radius 1 is 1.60 bits per heavy atom. The number of rotatable bonds is 3. The molecule has 1 heterocycles. The maximum atomic E-state index is 12.0. The Morgan fingerprint density at radius 3 is 2.80 bits per heavy atom. The highest BCUT2D eigenvalue weighted by Gasteiger charge is 2.30. The minimum atomic E-state index is -0.409. The first-order valence-corrected chi connectivity index (χ1v) is 5.71. The van der Waals surface area contributed by atoms with Gasteiger partial charge in [-0.2, -0.15) is 0 Å². The van der Waals surface area contributed by atoms with Gasteiger partial charge < -0.3 is 15.3 Å². The van der Waals surface area contributed by atoms with Crippen LogP contribution < -0.4 is 5.32 Å². The Balaban J connectivity index is 2.72. The molecule has 0 spiro atoms. The van der Waals surface area contributed by atoms with Gasteiger partial charge in [0.25, 0.3) is 0 Å². The Hall–Kier alpha value is -0.610. The van der Waals surface area contributed by atoms with Crippen LogP contribution in [0, 0.1) is 5.92 Å². The number of nitrogens with zero attached hydrogens (tertiary/aromatic N) is 1. The maximum absolute atomic E-state index is 12.0. The summed E-state index contributed by atoms with van der Waals surface area (Å²) in [7, 11) is 0. The largest absolute Gasteiger partial charge is 0.394 e. The van der Waals surface area contributed by atoms with Gasteiger partial charge in [0.2, 0.25) is 5.91 Å². The fourth-order valence-corrected chi connectivity index (χ4v) is 1.93. The van der Waals surface area contributed by atoms with Gasteiger partial charge in [-0.3, -0.25) is 4.79 Å². The third-order valence-corrected chi connectivity index (χ3v) is 2.81. The summed E-state index contributed by atoms with van der Waals surface area (Å²) in [6.45, 7) is 7.74. The van der Waals surface area contributed by atoms with Crippen LogP contribution >= 0.6 is 0 Å². The fourth-order valence-electron chi connectivity index (χ4n) is 1.93. The van der Waals surface area contributed by atoms with E-state index in [1.807, 2.05) is 4.90 Å². The van der Waals surface area contributed by atoms with E-state index in [4.69, 9.17) is 5.11 Å². The Morgan fingerprint density at radius 2 is 2.27 bits per heavy atom. The highest BCUT2D eigenvalue weighted by Crippen LogP contribution is 2.12. The molecule has 1 aliphatic heterocycles. The molecule has 1 rings (SSSR count). The van der Waals surface area contributed by atoms with E-state index in [9.17, 15) is 4.79 Å². The quantitative estimate of drug-likeness (QED) is 0.706. The number of aliphatic hydroxyl groups is 1. The van der Waals surface area contributed by atoms with Crippen molar-refractivity contribution in [2.24, 2.45) is 5.92 Å². The van der Waals surface area contributed by atoms with Crippen LogP contribution in [0.15, 0.2) is 0 Å². The Kier molecular flexibility index (Phi) is 4.54. The van der Waals surface area contributed by atoms with Crippen molar-refractivity contribution in [1.82, 2.24) is 10.2 Å². The topological polar surface area (TPSA) is 52.6 Å². The number of carbonyl (C=O) groups is 1. The maximum Gasteiger partial charge on any atom is 0.242 e. The van der Waals surface area contributed by atoms with E-state index in [0.717, 1.165) is 19.5 Å². The van der Waals surface area contributed by atoms with Crippen molar-refractivity contribution in [3.63, 3.8) is 0 Å². The molecule has 2 N–H and O–H groups in total. The number of hydrogen-bond acceptors (Lipinski definition) is 3. The SMILES string of the molecule is CC(C)CN1C(=O)C(CO)NCCC1C. The summed E-state index contributed by atoms with van der Waals surface area (Å²) < 4.78 is 0. The molecule has 2 atom stereocenters. The molecule has 1 fully saturated rings. The lowest BCUT2D eigenvalue weighted by atomic mass is 10.1. The van der Waals surface area contributed by atoms with Gasteiger partial charge in [0, 0.05) is 12.6 Å². The molecule has 0 aromatic carbocycles. The van der Waals surface area contributed by atoms with Crippen molar-refractivity contribution in [2.75, 3.05) is 19.7 Å². The molecule has 0 bridgehead atoms. The molecule has 0 aromatic rings. The average molecular weight is 214 g/mol. The van der Waals surface area contributed by atoms with Crippen LogP contribution in [0.4, 0.5) is 0 Å². The number of hydrogen-bond donors (Lipinski definition) is 2. The zero-order valence-corrected chi connectivity index (χ0v) is 9.86. The van der Waals surface area contributed by atoms with E-state index in [0.29, 0.717) is 5.92 Å². The van der Waals surface area contributed by atoms with E-state index >= 15 is 0 Å². The van der Waals surface area contributed by atoms with Crippen molar-refractivity contribution < 1.29 is 9.90 Å². The summed E-state index contributed by atoms with van der Waals surface area (Å²) in [5, 5.41) is 12.2. The van der Waals surface area contributed by atoms with Crippen molar-refractivity contribution in [3.8, 4) is 0 Å². The second-order valence-corrected chi connectivity index (χ2v) is 4.71. The molecule has 2 unspecified atom stereocenters. The minimum absolute atomic E-state index is 0.0381. The van der Waals surface area contributed by atoms with Crippen molar-refractivity contribution in [2.45, 2.75) is 39.3 Å². The molecule has 0 aliphatic carbocycles. The zero-order chi connectivity index (χ0) is 11.4. The lowest BCUT2D eigenvalue weighted by molar-refractivity contribution is -0.135. The lowest BCUT2D eigenvalue weighted by Gasteiger charge is -2.30. The van der Waals surface area contributed by atoms with E-state index in [1.165, 1.54) is 0 Å². The van der Waals surface area contributed by atoms with E-state index in [1.54, 1.807) is 0 Å². The fraction of sp³-hybridized carbons (Fsp3) is 0.909. The van der Waals surface area contributed by atoms with Crippen LogP contribution in [0.2, 0.25) is 0 Å². The van der Waals surface area contributed by atoms with Crippen LogP contribution in [0.25, 0.3) is 0 Å². The highest BCUT2D eigenvalue weighted by atomic mass is 16.3. The predicted octanol–water partition coefficient (Wildman–Crippen LogP) is 0.214. The van der Waals surface area contributed by atoms with Gasteiger partial charge in [0.15, 0.2) is 0 Å². The van der Waals surface area contributed by atoms with Gasteiger partial charge in [-0.25, -0.2) is 0 Å². The standard InChI is InChI=1S/C11H22N2O2/c1-8(2)6-13-9(3)4-5-12-10(7-14)11(13)15/h8-10,12,14H,4-7H2,1-3H3. The number of aliphatic hydroxyl groups excluding tert-OH is 1. The van der Waals surface area contributed by atoms with Gasteiger partial charge in [-0.05, 0) is 25.8 Å². The van der Waals surface area contributed by atoms with Crippen molar-refractivity contribution in [3.05, 3.63) is 0 Å². The third kappa shape index (κ3) is 3.18. The molecule has 1 aliphatic rings. The molecular weight excluding hydrogens is 192 g/mol. The summed E-state index contributed by atoms with van der Waals surface area (Å²) in [5.74, 6) is 0.505. The molecule has 4 heteroatoms. The Bertz CT molecular complexity index is 219. The van der Waals surface area contributed by atoms with Crippen LogP contribution in [0.1, 0.15) is 27.2 Å². The van der Waals surface area contributed by atoms with Gasteiger partial charge in [0.05, 0.1) is 6.61 Å². The van der Waals surface area contributed by atoms with Gasteiger partial charge in [-0.15, -0.1) is 0 Å². The summed E-state index contributed by atoms with van der Waals surface area (Å²) in [6.07, 6.45) is 0.953. The minimum Gasteiger partial charge on any atom is -0.394 e. The molecule has 0 aromatic heterocycles. The van der Waals surface area contributed by atoms with E-state index in [-0.39, 0.29) is 18.6 Å². The summed E-state index contributed by atoms with van der Waals surface area (Å²) in [6, 6.07) is -0.141. The van der Waals surface area contributed by atoms with Crippen LogP contribution in [0.3, 0.4) is 0 Å². The summed E-state index contributed by atoms with van der Waals surface area (Å²) in [4.78, 5) is 13.9. The van der Waals surface area contributed by atoms with Crippen LogP contribution in [-0.2, 0) is 4.79 Å². The van der Waals surface area contributed by atoms with Gasteiger partial charge in [-0.1, -0.05) is 13.8 Å². The normalized spacial score (nSPS) is 28.3. The average Bonchev–Trinajstić information content (AvgIpc) is 2.30. The number of amides is 1. The van der Waals surface area contributed by atoms with E-state index in [2.05, 4.69) is 26.1 Å². The second-order valence-electron chi connectivity index (χ2n) is 4.71. The first-order chi connectivity index (χ1) is 7.06. The number of nitrogens with one attached hydrogen (secondary N) is 1. The molecular formula is C11H22N2O2. The first-order valence-electron chi connectivity index (χ1n) is 5.71. The molecule has 88 valence electrons.